The topological polar surface area (TPSA) is 66.4 Å². The van der Waals surface area contributed by atoms with Crippen LogP contribution in [0.5, 0.6) is 0 Å². The summed E-state index contributed by atoms with van der Waals surface area (Å²) in [5.74, 6) is -0.289. The van der Waals surface area contributed by atoms with Crippen molar-refractivity contribution in [3.63, 3.8) is 0 Å². The number of carboxylic acid groups (broad SMARTS) is 1. The van der Waals surface area contributed by atoms with Gasteiger partial charge in [-0.2, -0.15) is 0 Å². The first-order valence-corrected chi connectivity index (χ1v) is 7.11. The Hall–Kier alpha value is -1.36. The van der Waals surface area contributed by atoms with Crippen LogP contribution < -0.4 is 5.32 Å². The Labute approximate surface area is 104 Å². The molecule has 0 aliphatic carbocycles. The molecule has 0 amide bonds. The Balaban J connectivity index is 2.58. The van der Waals surface area contributed by atoms with Gasteiger partial charge in [0.1, 0.15) is 0 Å². The number of hydrogen-bond acceptors (Lipinski definition) is 3. The van der Waals surface area contributed by atoms with Gasteiger partial charge in [0.2, 0.25) is 0 Å². The Morgan fingerprint density at radius 2 is 2.24 bits per heavy atom. The molecule has 1 aromatic carbocycles. The Kier molecular flexibility index (Phi) is 5.15. The van der Waals surface area contributed by atoms with E-state index in [2.05, 4.69) is 5.32 Å². The van der Waals surface area contributed by atoms with E-state index in [1.54, 1.807) is 24.5 Å². The van der Waals surface area contributed by atoms with E-state index >= 15 is 0 Å². The van der Waals surface area contributed by atoms with Crippen molar-refractivity contribution in [1.29, 1.82) is 0 Å². The molecule has 1 rings (SSSR count). The highest BCUT2D eigenvalue weighted by atomic mass is 32.2. The zero-order chi connectivity index (χ0) is 12.8. The first kappa shape index (κ1) is 13.7. The molecule has 2 unspecified atom stereocenters. The summed E-state index contributed by atoms with van der Waals surface area (Å²) < 4.78 is 10.9. The molecule has 0 radical (unpaired) electrons. The summed E-state index contributed by atoms with van der Waals surface area (Å²) in [6.07, 6.45) is 2.47. The summed E-state index contributed by atoms with van der Waals surface area (Å²) in [5.41, 5.74) is 1.04. The lowest BCUT2D eigenvalue weighted by atomic mass is 10.2. The van der Waals surface area contributed by atoms with E-state index in [4.69, 9.17) is 5.11 Å². The van der Waals surface area contributed by atoms with Crippen LogP contribution in [0, 0.1) is 0 Å². The van der Waals surface area contributed by atoms with Gasteiger partial charge in [0.05, 0.1) is 5.56 Å². The molecule has 0 saturated heterocycles. The number of carbonyl (C=O) groups is 1. The van der Waals surface area contributed by atoms with Crippen LogP contribution >= 0.6 is 0 Å². The zero-order valence-electron chi connectivity index (χ0n) is 9.97. The maximum atomic E-state index is 10.9. The number of rotatable bonds is 6. The summed E-state index contributed by atoms with van der Waals surface area (Å²) >= 11 is 0. The van der Waals surface area contributed by atoms with E-state index in [-0.39, 0.29) is 11.6 Å². The van der Waals surface area contributed by atoms with Crippen molar-refractivity contribution in [3.05, 3.63) is 29.8 Å². The highest BCUT2D eigenvalue weighted by Crippen LogP contribution is 2.12. The standard InChI is InChI=1S/C12H17NO3S/c1-9(6-7-17(2)16)13-11-5-3-4-10(8-11)12(14)15/h3-5,8-9,13H,6-7H2,1-2H3,(H,14,15). The molecular weight excluding hydrogens is 238 g/mol. The van der Waals surface area contributed by atoms with Gasteiger partial charge in [-0.05, 0) is 31.5 Å². The fraction of sp³-hybridized carbons (Fsp3) is 0.417. The highest BCUT2D eigenvalue weighted by Gasteiger charge is 2.06. The Morgan fingerprint density at radius 1 is 1.53 bits per heavy atom. The van der Waals surface area contributed by atoms with Gasteiger partial charge < -0.3 is 10.4 Å². The summed E-state index contributed by atoms with van der Waals surface area (Å²) in [4.78, 5) is 10.8. The monoisotopic (exact) mass is 255 g/mol. The van der Waals surface area contributed by atoms with Crippen molar-refractivity contribution >= 4 is 22.5 Å². The van der Waals surface area contributed by atoms with Crippen molar-refractivity contribution in [2.45, 2.75) is 19.4 Å². The SMILES string of the molecule is CC(CCS(C)=O)Nc1cccc(C(=O)O)c1. The average Bonchev–Trinajstić information content (AvgIpc) is 2.26. The lowest BCUT2D eigenvalue weighted by Gasteiger charge is -2.14. The molecule has 94 valence electrons. The lowest BCUT2D eigenvalue weighted by molar-refractivity contribution is 0.0697. The van der Waals surface area contributed by atoms with Crippen molar-refractivity contribution in [3.8, 4) is 0 Å². The fourth-order valence-corrected chi connectivity index (χ4v) is 2.13. The molecule has 0 fully saturated rings. The maximum absolute atomic E-state index is 10.9. The summed E-state index contributed by atoms with van der Waals surface area (Å²) in [6.45, 7) is 1.99. The van der Waals surface area contributed by atoms with Crippen LogP contribution in [0.3, 0.4) is 0 Å². The Morgan fingerprint density at radius 3 is 2.82 bits per heavy atom. The van der Waals surface area contributed by atoms with Crippen molar-refractivity contribution < 1.29 is 14.1 Å². The quantitative estimate of drug-likeness (QED) is 0.815. The molecule has 0 spiro atoms. The van der Waals surface area contributed by atoms with Crippen LogP contribution in [0.2, 0.25) is 0 Å². The first-order chi connectivity index (χ1) is 7.99. The van der Waals surface area contributed by atoms with Gasteiger partial charge >= 0.3 is 5.97 Å². The minimum Gasteiger partial charge on any atom is -0.478 e. The molecule has 2 N–H and O–H groups in total. The molecule has 2 atom stereocenters. The van der Waals surface area contributed by atoms with Gasteiger partial charge in [-0.15, -0.1) is 0 Å². The van der Waals surface area contributed by atoms with Crippen LogP contribution in [-0.2, 0) is 10.8 Å². The number of aromatic carboxylic acids is 1. The molecule has 17 heavy (non-hydrogen) atoms. The summed E-state index contributed by atoms with van der Waals surface area (Å²) in [5, 5.41) is 12.0. The van der Waals surface area contributed by atoms with Gasteiger partial charge in [-0.25, -0.2) is 4.79 Å². The van der Waals surface area contributed by atoms with Crippen LogP contribution in [-0.4, -0.2) is 33.3 Å². The van der Waals surface area contributed by atoms with Gasteiger partial charge in [0.25, 0.3) is 0 Å². The second-order valence-corrected chi connectivity index (χ2v) is 5.55. The zero-order valence-corrected chi connectivity index (χ0v) is 10.8. The van der Waals surface area contributed by atoms with E-state index < -0.39 is 16.8 Å². The van der Waals surface area contributed by atoms with Gasteiger partial charge in [-0.1, -0.05) is 6.07 Å². The second-order valence-electron chi connectivity index (χ2n) is 4.00. The minimum absolute atomic E-state index is 0.169. The van der Waals surface area contributed by atoms with Crippen LogP contribution in [0.25, 0.3) is 0 Å². The number of nitrogens with one attached hydrogen (secondary N) is 1. The third kappa shape index (κ3) is 4.99. The predicted octanol–water partition coefficient (Wildman–Crippen LogP) is 1.95. The average molecular weight is 255 g/mol. The van der Waals surface area contributed by atoms with E-state index in [9.17, 15) is 9.00 Å². The van der Waals surface area contributed by atoms with Crippen LogP contribution in [0.1, 0.15) is 23.7 Å². The van der Waals surface area contributed by atoms with E-state index in [0.29, 0.717) is 5.75 Å². The highest BCUT2D eigenvalue weighted by molar-refractivity contribution is 7.84. The molecule has 0 saturated carbocycles. The largest absolute Gasteiger partial charge is 0.478 e. The molecule has 0 heterocycles. The molecule has 0 bridgehead atoms. The third-order valence-corrected chi connectivity index (χ3v) is 3.17. The molecule has 0 aromatic heterocycles. The molecule has 0 aliphatic heterocycles. The molecule has 4 nitrogen and oxygen atoms in total. The predicted molar refractivity (Wildman–Crippen MR) is 70.0 cm³/mol. The summed E-state index contributed by atoms with van der Waals surface area (Å²) in [6, 6.07) is 6.85. The van der Waals surface area contributed by atoms with Gasteiger partial charge in [0.15, 0.2) is 0 Å². The summed E-state index contributed by atoms with van der Waals surface area (Å²) in [7, 11) is -0.790. The molecule has 0 aliphatic rings. The fourth-order valence-electron chi connectivity index (χ4n) is 1.44. The van der Waals surface area contributed by atoms with Gasteiger partial charge in [-0.3, -0.25) is 4.21 Å². The molecule has 1 aromatic rings. The number of benzene rings is 1. The first-order valence-electron chi connectivity index (χ1n) is 5.39. The maximum Gasteiger partial charge on any atom is 0.335 e. The van der Waals surface area contributed by atoms with Crippen molar-refractivity contribution in [2.75, 3.05) is 17.3 Å². The number of carboxylic acids is 1. The van der Waals surface area contributed by atoms with E-state index in [0.717, 1.165) is 12.1 Å². The normalized spacial score (nSPS) is 14.0. The Bertz CT molecular complexity index is 420. The van der Waals surface area contributed by atoms with E-state index in [1.807, 2.05) is 13.0 Å². The van der Waals surface area contributed by atoms with E-state index in [1.165, 1.54) is 0 Å². The smallest absolute Gasteiger partial charge is 0.335 e. The van der Waals surface area contributed by atoms with Crippen LogP contribution in [0.4, 0.5) is 5.69 Å². The second kappa shape index (κ2) is 6.39. The third-order valence-electron chi connectivity index (χ3n) is 2.36. The minimum atomic E-state index is -0.934. The van der Waals surface area contributed by atoms with Crippen LogP contribution in [0.15, 0.2) is 24.3 Å². The molecular formula is C12H17NO3S. The lowest BCUT2D eigenvalue weighted by Crippen LogP contribution is -2.18. The number of anilines is 1. The number of hydrogen-bond donors (Lipinski definition) is 2. The van der Waals surface area contributed by atoms with Gasteiger partial charge in [0, 0.05) is 34.5 Å². The van der Waals surface area contributed by atoms with Crippen molar-refractivity contribution in [1.82, 2.24) is 0 Å². The van der Waals surface area contributed by atoms with Crippen molar-refractivity contribution in [2.24, 2.45) is 0 Å². The molecule has 5 heteroatoms.